The van der Waals surface area contributed by atoms with Gasteiger partial charge in [-0.05, 0) is 36.8 Å². The van der Waals surface area contributed by atoms with Crippen molar-refractivity contribution in [2.45, 2.75) is 19.4 Å². The standard InChI is InChI=1S/C23H20N2O2/c1-17(14-18-8-3-2-4-9-18)27-23(26)19-11-7-12-21(15-19)25-22-13-6-5-10-20(22)16-24-25/h2-13,15-17H,14H2,1H3. The van der Waals surface area contributed by atoms with E-state index in [1.54, 1.807) is 6.07 Å². The molecule has 27 heavy (non-hydrogen) atoms. The van der Waals surface area contributed by atoms with Crippen LogP contribution in [0.5, 0.6) is 0 Å². The molecule has 0 bridgehead atoms. The number of carbonyl (C=O) groups is 1. The van der Waals surface area contributed by atoms with Gasteiger partial charge in [-0.15, -0.1) is 0 Å². The Balaban J connectivity index is 1.52. The first-order valence-corrected chi connectivity index (χ1v) is 8.99. The highest BCUT2D eigenvalue weighted by Crippen LogP contribution is 2.19. The largest absolute Gasteiger partial charge is 0.459 e. The lowest BCUT2D eigenvalue weighted by Gasteiger charge is -2.14. The van der Waals surface area contributed by atoms with E-state index in [1.165, 1.54) is 0 Å². The van der Waals surface area contributed by atoms with Crippen molar-refractivity contribution < 1.29 is 9.53 Å². The van der Waals surface area contributed by atoms with Crippen LogP contribution >= 0.6 is 0 Å². The van der Waals surface area contributed by atoms with Crippen LogP contribution in [0.15, 0.2) is 85.1 Å². The molecule has 0 radical (unpaired) electrons. The van der Waals surface area contributed by atoms with Crippen LogP contribution in [0.4, 0.5) is 0 Å². The van der Waals surface area contributed by atoms with E-state index >= 15 is 0 Å². The van der Waals surface area contributed by atoms with Crippen molar-refractivity contribution >= 4 is 16.9 Å². The Bertz CT molecular complexity index is 1070. The summed E-state index contributed by atoms with van der Waals surface area (Å²) in [4.78, 5) is 12.6. The van der Waals surface area contributed by atoms with Crippen molar-refractivity contribution in [3.8, 4) is 5.69 Å². The molecule has 1 aromatic heterocycles. The van der Waals surface area contributed by atoms with Crippen LogP contribution in [0.3, 0.4) is 0 Å². The molecule has 3 aromatic carbocycles. The summed E-state index contributed by atoms with van der Waals surface area (Å²) < 4.78 is 7.46. The normalized spacial score (nSPS) is 12.0. The first-order chi connectivity index (χ1) is 13.2. The first kappa shape index (κ1) is 17.0. The summed E-state index contributed by atoms with van der Waals surface area (Å²) in [5, 5.41) is 5.50. The SMILES string of the molecule is CC(Cc1ccccc1)OC(=O)c1cccc(-n2ncc3ccccc32)c1. The summed E-state index contributed by atoms with van der Waals surface area (Å²) in [7, 11) is 0. The highest BCUT2D eigenvalue weighted by atomic mass is 16.5. The van der Waals surface area contributed by atoms with Crippen molar-refractivity contribution in [1.82, 2.24) is 9.78 Å². The molecule has 134 valence electrons. The van der Waals surface area contributed by atoms with E-state index in [1.807, 2.05) is 90.6 Å². The van der Waals surface area contributed by atoms with E-state index in [4.69, 9.17) is 4.74 Å². The summed E-state index contributed by atoms with van der Waals surface area (Å²) in [6, 6.07) is 25.4. The molecule has 0 aliphatic rings. The van der Waals surface area contributed by atoms with Gasteiger partial charge >= 0.3 is 5.97 Å². The van der Waals surface area contributed by atoms with E-state index < -0.39 is 0 Å². The molecule has 0 saturated carbocycles. The van der Waals surface area contributed by atoms with Gasteiger partial charge in [0.15, 0.2) is 0 Å². The Hall–Kier alpha value is -3.40. The van der Waals surface area contributed by atoms with E-state index in [0.29, 0.717) is 12.0 Å². The molecule has 1 heterocycles. The number of fused-ring (bicyclic) bond motifs is 1. The van der Waals surface area contributed by atoms with Gasteiger partial charge in [-0.2, -0.15) is 5.10 Å². The smallest absolute Gasteiger partial charge is 0.338 e. The second-order valence-electron chi connectivity index (χ2n) is 6.57. The maximum Gasteiger partial charge on any atom is 0.338 e. The van der Waals surface area contributed by atoms with Gasteiger partial charge in [-0.3, -0.25) is 0 Å². The third-order valence-electron chi connectivity index (χ3n) is 4.48. The molecule has 0 saturated heterocycles. The molecule has 0 spiro atoms. The van der Waals surface area contributed by atoms with Crippen LogP contribution in [0.2, 0.25) is 0 Å². The third-order valence-corrected chi connectivity index (χ3v) is 4.48. The van der Waals surface area contributed by atoms with Crippen molar-refractivity contribution in [2.24, 2.45) is 0 Å². The second kappa shape index (κ2) is 7.46. The van der Waals surface area contributed by atoms with Gasteiger partial charge in [0.1, 0.15) is 6.10 Å². The number of para-hydroxylation sites is 1. The number of esters is 1. The lowest BCUT2D eigenvalue weighted by atomic mass is 10.1. The molecule has 1 atom stereocenters. The number of benzene rings is 3. The molecule has 4 nitrogen and oxygen atoms in total. The molecule has 0 aliphatic carbocycles. The number of aromatic nitrogens is 2. The molecule has 0 fully saturated rings. The summed E-state index contributed by atoms with van der Waals surface area (Å²) >= 11 is 0. The Morgan fingerprint density at radius 3 is 2.63 bits per heavy atom. The Kier molecular flexibility index (Phi) is 4.71. The molecule has 0 amide bonds. The van der Waals surface area contributed by atoms with Gasteiger partial charge < -0.3 is 4.74 Å². The number of nitrogens with zero attached hydrogens (tertiary/aromatic N) is 2. The van der Waals surface area contributed by atoms with Gasteiger partial charge in [0.2, 0.25) is 0 Å². The van der Waals surface area contributed by atoms with Crippen LogP contribution in [-0.4, -0.2) is 21.9 Å². The predicted octanol–water partition coefficient (Wildman–Crippen LogP) is 4.81. The highest BCUT2D eigenvalue weighted by Gasteiger charge is 2.14. The van der Waals surface area contributed by atoms with E-state index in [2.05, 4.69) is 5.10 Å². The number of hydrogen-bond acceptors (Lipinski definition) is 3. The molecule has 0 N–H and O–H groups in total. The molecular formula is C23H20N2O2. The maximum absolute atomic E-state index is 12.6. The average Bonchev–Trinajstić information content (AvgIpc) is 3.13. The van der Waals surface area contributed by atoms with Gasteiger partial charge in [-0.1, -0.05) is 54.6 Å². The zero-order valence-electron chi connectivity index (χ0n) is 15.1. The number of ether oxygens (including phenoxy) is 1. The van der Waals surface area contributed by atoms with Crippen LogP contribution in [0.25, 0.3) is 16.6 Å². The van der Waals surface area contributed by atoms with E-state index in [-0.39, 0.29) is 12.1 Å². The van der Waals surface area contributed by atoms with Crippen molar-refractivity contribution in [3.05, 3.63) is 96.2 Å². The fourth-order valence-electron chi connectivity index (χ4n) is 3.18. The Labute approximate surface area is 158 Å². The van der Waals surface area contributed by atoms with Gasteiger partial charge in [0.05, 0.1) is 23.0 Å². The Morgan fingerprint density at radius 2 is 1.78 bits per heavy atom. The van der Waals surface area contributed by atoms with Crippen LogP contribution < -0.4 is 0 Å². The van der Waals surface area contributed by atoms with E-state index in [9.17, 15) is 4.79 Å². The quantitative estimate of drug-likeness (QED) is 0.482. The first-order valence-electron chi connectivity index (χ1n) is 8.99. The molecule has 0 aliphatic heterocycles. The minimum absolute atomic E-state index is 0.200. The fraction of sp³-hybridized carbons (Fsp3) is 0.130. The number of hydrogen-bond donors (Lipinski definition) is 0. The van der Waals surface area contributed by atoms with Crippen molar-refractivity contribution in [3.63, 3.8) is 0 Å². The van der Waals surface area contributed by atoms with Gasteiger partial charge in [-0.25, -0.2) is 9.48 Å². The molecule has 1 unspecified atom stereocenters. The van der Waals surface area contributed by atoms with Gasteiger partial charge in [0.25, 0.3) is 0 Å². The van der Waals surface area contributed by atoms with Crippen molar-refractivity contribution in [2.75, 3.05) is 0 Å². The van der Waals surface area contributed by atoms with Crippen LogP contribution in [-0.2, 0) is 11.2 Å². The van der Waals surface area contributed by atoms with Crippen LogP contribution in [0.1, 0.15) is 22.8 Å². The molecule has 4 aromatic rings. The fourth-order valence-corrected chi connectivity index (χ4v) is 3.18. The van der Waals surface area contributed by atoms with E-state index in [0.717, 1.165) is 22.2 Å². The predicted molar refractivity (Wildman–Crippen MR) is 106 cm³/mol. The number of carbonyl (C=O) groups excluding carboxylic acids is 1. The summed E-state index contributed by atoms with van der Waals surface area (Å²) in [6.45, 7) is 1.91. The lowest BCUT2D eigenvalue weighted by molar-refractivity contribution is 0.0343. The minimum Gasteiger partial charge on any atom is -0.459 e. The molecule has 4 rings (SSSR count). The zero-order chi connectivity index (χ0) is 18.6. The lowest BCUT2D eigenvalue weighted by Crippen LogP contribution is -2.17. The summed E-state index contributed by atoms with van der Waals surface area (Å²) in [6.07, 6.45) is 2.31. The summed E-state index contributed by atoms with van der Waals surface area (Å²) in [5.74, 6) is -0.322. The highest BCUT2D eigenvalue weighted by molar-refractivity contribution is 5.90. The zero-order valence-corrected chi connectivity index (χ0v) is 15.1. The van der Waals surface area contributed by atoms with Gasteiger partial charge in [0, 0.05) is 11.8 Å². The maximum atomic E-state index is 12.6. The Morgan fingerprint density at radius 1 is 1.00 bits per heavy atom. The number of rotatable bonds is 5. The minimum atomic E-state index is -0.322. The third kappa shape index (κ3) is 3.75. The molecular weight excluding hydrogens is 336 g/mol. The van der Waals surface area contributed by atoms with Crippen molar-refractivity contribution in [1.29, 1.82) is 0 Å². The summed E-state index contributed by atoms with van der Waals surface area (Å²) in [5.41, 5.74) is 3.50. The second-order valence-corrected chi connectivity index (χ2v) is 6.57. The average molecular weight is 356 g/mol. The topological polar surface area (TPSA) is 44.1 Å². The van der Waals surface area contributed by atoms with Crippen LogP contribution in [0, 0.1) is 0 Å². The molecule has 4 heteroatoms. The monoisotopic (exact) mass is 356 g/mol.